The Labute approximate surface area is 115 Å². The minimum Gasteiger partial charge on any atom is -0.389 e. The highest BCUT2D eigenvalue weighted by Gasteiger charge is 2.16. The Balaban J connectivity index is 2.17. The zero-order valence-corrected chi connectivity index (χ0v) is 12.0. The second-order valence-corrected chi connectivity index (χ2v) is 5.82. The van der Waals surface area contributed by atoms with E-state index in [2.05, 4.69) is 11.8 Å². The molecule has 2 atom stereocenters. The summed E-state index contributed by atoms with van der Waals surface area (Å²) in [5.41, 5.74) is 1.99. The molecule has 1 unspecified atom stereocenters. The van der Waals surface area contributed by atoms with E-state index in [0.717, 1.165) is 35.3 Å². The summed E-state index contributed by atoms with van der Waals surface area (Å²) in [7, 11) is 0. The summed E-state index contributed by atoms with van der Waals surface area (Å²) in [6.45, 7) is 6.24. The van der Waals surface area contributed by atoms with Gasteiger partial charge in [-0.2, -0.15) is 0 Å². The number of benzene rings is 1. The summed E-state index contributed by atoms with van der Waals surface area (Å²) < 4.78 is 0. The van der Waals surface area contributed by atoms with Crippen molar-refractivity contribution < 1.29 is 5.11 Å². The number of nitrogens with zero attached hydrogens (tertiary/aromatic N) is 1. The number of aliphatic hydroxyl groups is 1. The molecule has 1 fully saturated rings. The smallest absolute Gasteiger partial charge is 0.0762 e. The van der Waals surface area contributed by atoms with Crippen molar-refractivity contribution in [1.82, 2.24) is 0 Å². The molecule has 1 aliphatic rings. The van der Waals surface area contributed by atoms with E-state index in [-0.39, 0.29) is 0 Å². The second kappa shape index (κ2) is 5.94. The van der Waals surface area contributed by atoms with Gasteiger partial charge in [0.1, 0.15) is 0 Å². The molecule has 0 spiro atoms. The van der Waals surface area contributed by atoms with Gasteiger partial charge in [-0.1, -0.05) is 24.6 Å². The molecule has 0 bridgehead atoms. The van der Waals surface area contributed by atoms with Crippen LogP contribution in [0, 0.1) is 5.92 Å². The Kier molecular flexibility index (Phi) is 4.52. The molecule has 1 N–H and O–H groups in total. The summed E-state index contributed by atoms with van der Waals surface area (Å²) >= 11 is 6.34. The molecule has 1 aliphatic heterocycles. The van der Waals surface area contributed by atoms with Crippen molar-refractivity contribution in [2.75, 3.05) is 18.0 Å². The lowest BCUT2D eigenvalue weighted by Crippen LogP contribution is -2.24. The number of aliphatic hydroxyl groups excluding tert-OH is 1. The summed E-state index contributed by atoms with van der Waals surface area (Å²) in [5, 5.41) is 10.3. The highest BCUT2D eigenvalue weighted by molar-refractivity contribution is 6.33. The van der Waals surface area contributed by atoms with Gasteiger partial charge in [0.15, 0.2) is 0 Å². The van der Waals surface area contributed by atoms with Crippen molar-refractivity contribution in [3.05, 3.63) is 28.8 Å². The first kappa shape index (κ1) is 13.7. The molecule has 1 saturated heterocycles. The largest absolute Gasteiger partial charge is 0.389 e. The fourth-order valence-electron chi connectivity index (χ4n) is 2.54. The zero-order chi connectivity index (χ0) is 13.1. The van der Waals surface area contributed by atoms with Crippen LogP contribution in [0.2, 0.25) is 5.02 Å². The van der Waals surface area contributed by atoms with Crippen LogP contribution in [0.1, 0.15) is 44.8 Å². The third-order valence-corrected chi connectivity index (χ3v) is 4.11. The van der Waals surface area contributed by atoms with Gasteiger partial charge in [0, 0.05) is 13.1 Å². The molecule has 18 heavy (non-hydrogen) atoms. The van der Waals surface area contributed by atoms with Gasteiger partial charge in [-0.3, -0.25) is 0 Å². The predicted octanol–water partition coefficient (Wildman–Crippen LogP) is 4.02. The van der Waals surface area contributed by atoms with Crippen LogP contribution in [0.5, 0.6) is 0 Å². The van der Waals surface area contributed by atoms with E-state index in [9.17, 15) is 5.11 Å². The fraction of sp³-hybridized carbons (Fsp3) is 0.600. The van der Waals surface area contributed by atoms with Crippen molar-refractivity contribution >= 4 is 17.3 Å². The van der Waals surface area contributed by atoms with Gasteiger partial charge in [0.25, 0.3) is 0 Å². The van der Waals surface area contributed by atoms with E-state index in [1.807, 2.05) is 18.2 Å². The number of rotatable bonds is 2. The van der Waals surface area contributed by atoms with E-state index in [1.165, 1.54) is 19.3 Å². The van der Waals surface area contributed by atoms with Crippen LogP contribution in [0.3, 0.4) is 0 Å². The lowest BCUT2D eigenvalue weighted by molar-refractivity contribution is 0.199. The quantitative estimate of drug-likeness (QED) is 0.875. The highest BCUT2D eigenvalue weighted by Crippen LogP contribution is 2.31. The molecule has 0 radical (unpaired) electrons. The molecule has 0 saturated carbocycles. The number of hydrogen-bond donors (Lipinski definition) is 1. The second-order valence-electron chi connectivity index (χ2n) is 5.41. The Morgan fingerprint density at radius 1 is 1.33 bits per heavy atom. The molecule has 2 rings (SSSR count). The van der Waals surface area contributed by atoms with Crippen LogP contribution in [0.15, 0.2) is 18.2 Å². The van der Waals surface area contributed by atoms with Crippen LogP contribution in [-0.4, -0.2) is 18.2 Å². The minimum atomic E-state index is -0.458. The predicted molar refractivity (Wildman–Crippen MR) is 77.3 cm³/mol. The van der Waals surface area contributed by atoms with E-state index in [4.69, 9.17) is 11.6 Å². The molecule has 0 aliphatic carbocycles. The number of halogens is 1. The van der Waals surface area contributed by atoms with Gasteiger partial charge in [-0.05, 0) is 49.8 Å². The van der Waals surface area contributed by atoms with Crippen molar-refractivity contribution in [2.24, 2.45) is 5.92 Å². The maximum Gasteiger partial charge on any atom is 0.0762 e. The topological polar surface area (TPSA) is 23.5 Å². The maximum atomic E-state index is 9.56. The summed E-state index contributed by atoms with van der Waals surface area (Å²) in [5.74, 6) is 0.811. The molecule has 100 valence electrons. The Morgan fingerprint density at radius 3 is 2.78 bits per heavy atom. The van der Waals surface area contributed by atoms with E-state index in [1.54, 1.807) is 6.92 Å². The zero-order valence-electron chi connectivity index (χ0n) is 11.2. The molecular weight excluding hydrogens is 246 g/mol. The van der Waals surface area contributed by atoms with Gasteiger partial charge in [0.2, 0.25) is 0 Å². The molecule has 2 nitrogen and oxygen atoms in total. The average molecular weight is 268 g/mol. The Hall–Kier alpha value is -0.730. The minimum absolute atomic E-state index is 0.458. The summed E-state index contributed by atoms with van der Waals surface area (Å²) in [6.07, 6.45) is 3.31. The summed E-state index contributed by atoms with van der Waals surface area (Å²) in [4.78, 5) is 2.37. The molecule has 3 heteroatoms. The molecular formula is C15H22ClNO. The normalized spacial score (nSPS) is 22.7. The van der Waals surface area contributed by atoms with Gasteiger partial charge < -0.3 is 10.0 Å². The van der Waals surface area contributed by atoms with Gasteiger partial charge >= 0.3 is 0 Å². The Morgan fingerprint density at radius 2 is 2.11 bits per heavy atom. The lowest BCUT2D eigenvalue weighted by Gasteiger charge is -2.24. The molecule has 1 aromatic rings. The van der Waals surface area contributed by atoms with Gasteiger partial charge in [-0.25, -0.2) is 0 Å². The fourth-order valence-corrected chi connectivity index (χ4v) is 2.85. The SMILES string of the molecule is CC1CCCN(c2ccc([C@H](C)O)cc2Cl)CC1. The first-order valence-electron chi connectivity index (χ1n) is 6.80. The van der Waals surface area contributed by atoms with Crippen LogP contribution in [-0.2, 0) is 0 Å². The van der Waals surface area contributed by atoms with Crippen molar-refractivity contribution in [2.45, 2.75) is 39.2 Å². The number of anilines is 1. The molecule has 0 aromatic heterocycles. The lowest BCUT2D eigenvalue weighted by atomic mass is 10.0. The first-order chi connectivity index (χ1) is 8.58. The first-order valence-corrected chi connectivity index (χ1v) is 7.18. The van der Waals surface area contributed by atoms with Crippen LogP contribution < -0.4 is 4.90 Å². The Bertz CT molecular complexity index is 405. The van der Waals surface area contributed by atoms with Crippen LogP contribution >= 0.6 is 11.6 Å². The third-order valence-electron chi connectivity index (χ3n) is 3.81. The van der Waals surface area contributed by atoms with E-state index in [0.29, 0.717) is 0 Å². The number of hydrogen-bond acceptors (Lipinski definition) is 2. The monoisotopic (exact) mass is 267 g/mol. The van der Waals surface area contributed by atoms with Crippen molar-refractivity contribution in [3.63, 3.8) is 0 Å². The highest BCUT2D eigenvalue weighted by atomic mass is 35.5. The molecule has 0 amide bonds. The van der Waals surface area contributed by atoms with Crippen LogP contribution in [0.25, 0.3) is 0 Å². The maximum absolute atomic E-state index is 9.56. The molecule has 1 aromatic carbocycles. The van der Waals surface area contributed by atoms with Crippen LogP contribution in [0.4, 0.5) is 5.69 Å². The van der Waals surface area contributed by atoms with E-state index >= 15 is 0 Å². The average Bonchev–Trinajstić information content (AvgIpc) is 2.54. The van der Waals surface area contributed by atoms with Crippen molar-refractivity contribution in [1.29, 1.82) is 0 Å². The van der Waals surface area contributed by atoms with Gasteiger partial charge in [0.05, 0.1) is 16.8 Å². The van der Waals surface area contributed by atoms with Gasteiger partial charge in [-0.15, -0.1) is 0 Å². The standard InChI is InChI=1S/C15H22ClNO/c1-11-4-3-8-17(9-7-11)15-6-5-13(12(2)18)10-14(15)16/h5-6,10-12,18H,3-4,7-9H2,1-2H3/t11?,12-/m0/s1. The van der Waals surface area contributed by atoms with Crippen molar-refractivity contribution in [3.8, 4) is 0 Å². The van der Waals surface area contributed by atoms with E-state index < -0.39 is 6.10 Å². The molecule has 1 heterocycles. The summed E-state index contributed by atoms with van der Waals surface area (Å²) in [6, 6.07) is 5.90. The third kappa shape index (κ3) is 3.18.